The van der Waals surface area contributed by atoms with E-state index in [2.05, 4.69) is 20.7 Å². The maximum Gasteiger partial charge on any atom is 0.266 e. The number of sulfonamides is 1. The van der Waals surface area contributed by atoms with E-state index < -0.39 is 20.7 Å². The second-order valence-corrected chi connectivity index (χ2v) is 6.80. The molecule has 2 rings (SSSR count). The first-order chi connectivity index (χ1) is 9.31. The van der Waals surface area contributed by atoms with Crippen LogP contribution < -0.4 is 10.5 Å². The fraction of sp³-hybridized carbons (Fsp3) is 0. The van der Waals surface area contributed by atoms with Gasteiger partial charge < -0.3 is 5.73 Å². The molecule has 0 bridgehead atoms. The number of hydrogen-bond acceptors (Lipinski definition) is 3. The monoisotopic (exact) mass is 378 g/mol. The zero-order valence-corrected chi connectivity index (χ0v) is 13.1. The van der Waals surface area contributed by atoms with Gasteiger partial charge in [-0.05, 0) is 46.3 Å². The van der Waals surface area contributed by atoms with Gasteiger partial charge in [-0.25, -0.2) is 12.8 Å². The highest BCUT2D eigenvalue weighted by atomic mass is 79.9. The molecule has 0 aromatic heterocycles. The second kappa shape index (κ2) is 5.59. The summed E-state index contributed by atoms with van der Waals surface area (Å²) < 4.78 is 40.8. The summed E-state index contributed by atoms with van der Waals surface area (Å²) in [6.07, 6.45) is 0. The minimum Gasteiger partial charge on any atom is -0.398 e. The molecule has 0 unspecified atom stereocenters. The molecule has 0 amide bonds. The van der Waals surface area contributed by atoms with Crippen molar-refractivity contribution in [3.63, 3.8) is 0 Å². The molecule has 0 aliphatic rings. The predicted octanol–water partition coefficient (Wildman–Crippen LogP) is 3.62. The van der Waals surface area contributed by atoms with Crippen molar-refractivity contribution < 1.29 is 12.8 Å². The van der Waals surface area contributed by atoms with Crippen LogP contribution in [-0.2, 0) is 10.0 Å². The van der Waals surface area contributed by atoms with E-state index in [4.69, 9.17) is 17.3 Å². The molecule has 2 aromatic rings. The van der Waals surface area contributed by atoms with E-state index in [-0.39, 0.29) is 11.4 Å². The Balaban J connectivity index is 2.46. The van der Waals surface area contributed by atoms with Gasteiger partial charge in [-0.3, -0.25) is 4.72 Å². The first kappa shape index (κ1) is 15.1. The number of nitrogens with one attached hydrogen (secondary N) is 1. The predicted molar refractivity (Wildman–Crippen MR) is 80.8 cm³/mol. The average molecular weight is 380 g/mol. The van der Waals surface area contributed by atoms with Crippen LogP contribution in [0.3, 0.4) is 0 Å². The van der Waals surface area contributed by atoms with Crippen LogP contribution in [-0.4, -0.2) is 8.42 Å². The van der Waals surface area contributed by atoms with Crippen LogP contribution in [0.1, 0.15) is 0 Å². The molecule has 0 fully saturated rings. The lowest BCUT2D eigenvalue weighted by Gasteiger charge is -2.12. The van der Waals surface area contributed by atoms with E-state index in [0.717, 1.165) is 6.07 Å². The van der Waals surface area contributed by atoms with Crippen molar-refractivity contribution in [2.75, 3.05) is 10.5 Å². The summed E-state index contributed by atoms with van der Waals surface area (Å²) in [7, 11) is -4.13. The van der Waals surface area contributed by atoms with Gasteiger partial charge in [0, 0.05) is 9.50 Å². The Morgan fingerprint density at radius 3 is 2.55 bits per heavy atom. The molecule has 2 aromatic carbocycles. The lowest BCUT2D eigenvalue weighted by atomic mass is 10.3. The fourth-order valence-electron chi connectivity index (χ4n) is 1.58. The Labute approximate surface area is 128 Å². The van der Waals surface area contributed by atoms with E-state index >= 15 is 0 Å². The van der Waals surface area contributed by atoms with Gasteiger partial charge in [0.15, 0.2) is 0 Å². The van der Waals surface area contributed by atoms with Crippen molar-refractivity contribution in [3.8, 4) is 0 Å². The molecule has 0 aliphatic carbocycles. The van der Waals surface area contributed by atoms with Crippen molar-refractivity contribution in [1.29, 1.82) is 0 Å². The van der Waals surface area contributed by atoms with Crippen molar-refractivity contribution >= 4 is 48.9 Å². The molecule has 0 atom stereocenters. The number of nitrogen functional groups attached to an aromatic ring is 1. The lowest BCUT2D eigenvalue weighted by Crippen LogP contribution is -2.16. The molecule has 20 heavy (non-hydrogen) atoms. The largest absolute Gasteiger partial charge is 0.398 e. The van der Waals surface area contributed by atoms with Gasteiger partial charge >= 0.3 is 0 Å². The van der Waals surface area contributed by atoms with Gasteiger partial charge in [-0.2, -0.15) is 0 Å². The van der Waals surface area contributed by atoms with Gasteiger partial charge in [0.1, 0.15) is 10.7 Å². The third-order valence-corrected chi connectivity index (χ3v) is 4.79. The van der Waals surface area contributed by atoms with E-state index in [1.54, 1.807) is 0 Å². The highest BCUT2D eigenvalue weighted by Crippen LogP contribution is 2.30. The molecular formula is C12H9BrClFN2O2S. The summed E-state index contributed by atoms with van der Waals surface area (Å²) in [6.45, 7) is 0. The van der Waals surface area contributed by atoms with Crippen molar-refractivity contribution in [2.24, 2.45) is 0 Å². The average Bonchev–Trinajstić information content (AvgIpc) is 2.32. The van der Waals surface area contributed by atoms with Gasteiger partial charge in [0.25, 0.3) is 10.0 Å². The van der Waals surface area contributed by atoms with Crippen LogP contribution in [0.4, 0.5) is 15.8 Å². The van der Waals surface area contributed by atoms with E-state index in [1.807, 2.05) is 0 Å². The van der Waals surface area contributed by atoms with Crippen molar-refractivity contribution in [2.45, 2.75) is 4.90 Å². The molecule has 0 spiro atoms. The number of anilines is 2. The molecular weight excluding hydrogens is 371 g/mol. The minimum atomic E-state index is -4.13. The van der Waals surface area contributed by atoms with Gasteiger partial charge in [-0.1, -0.05) is 17.7 Å². The summed E-state index contributed by atoms with van der Waals surface area (Å²) in [6, 6.07) is 8.16. The van der Waals surface area contributed by atoms with Crippen LogP contribution in [0.15, 0.2) is 45.8 Å². The number of benzene rings is 2. The minimum absolute atomic E-state index is 0.164. The van der Waals surface area contributed by atoms with Crippen LogP contribution >= 0.6 is 27.5 Å². The SMILES string of the molecule is Nc1cccc(F)c1S(=O)(=O)Nc1ccc(Cl)cc1Br. The van der Waals surface area contributed by atoms with Crippen molar-refractivity contribution in [1.82, 2.24) is 0 Å². The maximum absolute atomic E-state index is 13.7. The number of hydrogen-bond donors (Lipinski definition) is 2. The molecule has 0 saturated carbocycles. The Kier molecular flexibility index (Phi) is 4.22. The second-order valence-electron chi connectivity index (χ2n) is 3.89. The Hall–Kier alpha value is -1.31. The fourth-order valence-corrected chi connectivity index (χ4v) is 3.76. The third kappa shape index (κ3) is 3.05. The zero-order valence-electron chi connectivity index (χ0n) is 9.90. The van der Waals surface area contributed by atoms with Crippen molar-refractivity contribution in [3.05, 3.63) is 51.7 Å². The van der Waals surface area contributed by atoms with Crippen LogP contribution in [0.25, 0.3) is 0 Å². The highest BCUT2D eigenvalue weighted by Gasteiger charge is 2.23. The Morgan fingerprint density at radius 1 is 1.25 bits per heavy atom. The van der Waals surface area contributed by atoms with Crippen LogP contribution in [0.2, 0.25) is 5.02 Å². The van der Waals surface area contributed by atoms with Gasteiger partial charge in [0.2, 0.25) is 0 Å². The molecule has 0 aliphatic heterocycles. The zero-order chi connectivity index (χ0) is 14.9. The quantitative estimate of drug-likeness (QED) is 0.800. The summed E-state index contributed by atoms with van der Waals surface area (Å²) in [5.74, 6) is -0.914. The lowest BCUT2D eigenvalue weighted by molar-refractivity contribution is 0.572. The smallest absolute Gasteiger partial charge is 0.266 e. The topological polar surface area (TPSA) is 72.2 Å². The third-order valence-electron chi connectivity index (χ3n) is 2.44. The number of halogens is 3. The molecule has 106 valence electrons. The molecule has 8 heteroatoms. The van der Waals surface area contributed by atoms with E-state index in [1.165, 1.54) is 30.3 Å². The molecule has 0 radical (unpaired) electrons. The van der Waals surface area contributed by atoms with Gasteiger partial charge in [0.05, 0.1) is 11.4 Å². The first-order valence-corrected chi connectivity index (χ1v) is 7.98. The summed E-state index contributed by atoms with van der Waals surface area (Å²) in [4.78, 5) is -0.582. The maximum atomic E-state index is 13.7. The van der Waals surface area contributed by atoms with Crippen LogP contribution in [0.5, 0.6) is 0 Å². The summed E-state index contributed by atoms with van der Waals surface area (Å²) in [5.41, 5.74) is 5.60. The molecule has 4 nitrogen and oxygen atoms in total. The van der Waals surface area contributed by atoms with E-state index in [9.17, 15) is 12.8 Å². The summed E-state index contributed by atoms with van der Waals surface area (Å²) >= 11 is 8.94. The van der Waals surface area contributed by atoms with E-state index in [0.29, 0.717) is 9.50 Å². The van der Waals surface area contributed by atoms with Gasteiger partial charge in [-0.15, -0.1) is 0 Å². The Morgan fingerprint density at radius 2 is 1.95 bits per heavy atom. The molecule has 0 heterocycles. The normalized spacial score (nSPS) is 11.3. The standard InChI is InChI=1S/C12H9BrClFN2O2S/c13-8-6-7(14)4-5-11(8)17-20(18,19)12-9(15)2-1-3-10(12)16/h1-6,17H,16H2. The number of rotatable bonds is 3. The summed E-state index contributed by atoms with van der Waals surface area (Å²) in [5, 5.41) is 0.435. The number of nitrogens with two attached hydrogens (primary N) is 1. The Bertz CT molecular complexity index is 748. The van der Waals surface area contributed by atoms with Crippen LogP contribution in [0, 0.1) is 5.82 Å². The highest BCUT2D eigenvalue weighted by molar-refractivity contribution is 9.10. The molecule has 0 saturated heterocycles. The first-order valence-electron chi connectivity index (χ1n) is 5.33. The molecule has 3 N–H and O–H groups in total.